The number of hydrogen-bond acceptors (Lipinski definition) is 6. The van der Waals surface area contributed by atoms with Crippen molar-refractivity contribution in [3.05, 3.63) is 71.1 Å². The number of aromatic nitrogens is 1. The van der Waals surface area contributed by atoms with E-state index in [4.69, 9.17) is 21.4 Å². The maximum atomic E-state index is 13.7. The average molecular weight is 589 g/mol. The van der Waals surface area contributed by atoms with Crippen molar-refractivity contribution in [1.82, 2.24) is 25.8 Å². The van der Waals surface area contributed by atoms with Gasteiger partial charge >= 0.3 is 24.1 Å². The lowest BCUT2D eigenvalue weighted by atomic mass is 10.1. The summed E-state index contributed by atoms with van der Waals surface area (Å²) < 4.78 is 19.1. The lowest BCUT2D eigenvalue weighted by molar-refractivity contribution is -0.135. The molecule has 218 valence electrons. The molecular formula is C27H30ClFN6O6. The number of aliphatic carboxylic acids is 1. The molecule has 0 saturated carbocycles. The second kappa shape index (κ2) is 15.2. The summed E-state index contributed by atoms with van der Waals surface area (Å²) in [5, 5.41) is 20.3. The quantitative estimate of drug-likeness (QED) is 0.200. The smallest absolute Gasteiger partial charge is 0.412 e. The van der Waals surface area contributed by atoms with Crippen LogP contribution in [0.5, 0.6) is 0 Å². The molecule has 0 aliphatic heterocycles. The highest BCUT2D eigenvalue weighted by atomic mass is 35.5. The van der Waals surface area contributed by atoms with Gasteiger partial charge in [-0.3, -0.25) is 10.1 Å². The summed E-state index contributed by atoms with van der Waals surface area (Å²) in [7, 11) is 1.51. The van der Waals surface area contributed by atoms with Gasteiger partial charge < -0.3 is 30.7 Å². The van der Waals surface area contributed by atoms with Crippen LogP contribution in [0, 0.1) is 5.82 Å². The zero-order valence-corrected chi connectivity index (χ0v) is 22.9. The summed E-state index contributed by atoms with van der Waals surface area (Å²) in [4.78, 5) is 53.2. The summed E-state index contributed by atoms with van der Waals surface area (Å²) in [6, 6.07) is 11.7. The Morgan fingerprint density at radius 2 is 1.83 bits per heavy atom. The van der Waals surface area contributed by atoms with E-state index in [2.05, 4.69) is 26.3 Å². The number of rotatable bonds is 12. The molecule has 12 nitrogen and oxygen atoms in total. The number of benzene rings is 2. The van der Waals surface area contributed by atoms with Crippen LogP contribution in [0.3, 0.4) is 0 Å². The van der Waals surface area contributed by atoms with Gasteiger partial charge in [0.05, 0.1) is 11.1 Å². The van der Waals surface area contributed by atoms with Gasteiger partial charge in [0, 0.05) is 31.7 Å². The second-order valence-electron chi connectivity index (χ2n) is 8.92. The molecule has 0 fully saturated rings. The van der Waals surface area contributed by atoms with E-state index >= 15 is 0 Å². The van der Waals surface area contributed by atoms with Gasteiger partial charge in [-0.1, -0.05) is 48.0 Å². The number of ether oxygens (including phenoxy) is 1. The third-order valence-electron chi connectivity index (χ3n) is 6.00. The van der Waals surface area contributed by atoms with E-state index < -0.39 is 42.5 Å². The predicted molar refractivity (Wildman–Crippen MR) is 150 cm³/mol. The Balaban J connectivity index is 1.58. The minimum Gasteiger partial charge on any atom is -0.480 e. The van der Waals surface area contributed by atoms with E-state index in [1.165, 1.54) is 24.1 Å². The van der Waals surface area contributed by atoms with Crippen LogP contribution in [0.4, 0.5) is 24.6 Å². The van der Waals surface area contributed by atoms with Crippen LogP contribution in [0.15, 0.2) is 54.7 Å². The van der Waals surface area contributed by atoms with Crippen LogP contribution in [0.25, 0.3) is 10.8 Å². The van der Waals surface area contributed by atoms with Gasteiger partial charge in [-0.25, -0.2) is 23.8 Å². The van der Waals surface area contributed by atoms with Crippen molar-refractivity contribution in [2.24, 2.45) is 0 Å². The predicted octanol–water partition coefficient (Wildman–Crippen LogP) is 3.95. The number of likely N-dealkylation sites (N-methyl/N-ethyl adjacent to an activating group) is 1. The molecule has 1 heterocycles. The van der Waals surface area contributed by atoms with Gasteiger partial charge in [-0.15, -0.1) is 0 Å². The molecular weight excluding hydrogens is 559 g/mol. The summed E-state index contributed by atoms with van der Waals surface area (Å²) in [6.45, 7) is -0.576. The largest absolute Gasteiger partial charge is 0.480 e. The monoisotopic (exact) mass is 588 g/mol. The van der Waals surface area contributed by atoms with Crippen LogP contribution < -0.4 is 21.3 Å². The van der Waals surface area contributed by atoms with Gasteiger partial charge in [-0.2, -0.15) is 0 Å². The molecule has 0 aliphatic rings. The van der Waals surface area contributed by atoms with Crippen LogP contribution >= 0.6 is 11.6 Å². The van der Waals surface area contributed by atoms with Gasteiger partial charge in [-0.05, 0) is 35.9 Å². The minimum atomic E-state index is -1.18. The molecule has 0 radical (unpaired) electrons. The SMILES string of the molecule is CN(C(=O)NCc1cccc(F)c1Cl)[C@@H](CCCNC(=O)NCC(=O)O)COC(=O)Nc1cc2ccccc2cn1. The first-order valence-electron chi connectivity index (χ1n) is 12.6. The molecule has 0 unspecified atom stereocenters. The van der Waals surface area contributed by atoms with Crippen molar-refractivity contribution in [3.63, 3.8) is 0 Å². The molecule has 0 saturated heterocycles. The standard InChI is InChI=1S/C27H30ClFN6O6/c1-35(26(39)33-14-19-8-4-10-21(29)24(19)28)20(9-5-11-30-25(38)32-15-23(36)37)16-41-27(40)34-22-12-17-6-2-3-7-18(17)13-31-22/h2-4,6-8,10,12-13,20H,5,9,11,14-16H2,1H3,(H,33,39)(H,36,37)(H2,30,32,38)(H,31,34,40)/t20-/m0/s1. The molecule has 3 aromatic rings. The number of carboxylic acid groups (broad SMARTS) is 1. The number of hydrogen-bond donors (Lipinski definition) is 5. The third kappa shape index (κ3) is 9.80. The minimum absolute atomic E-state index is 0.0350. The summed E-state index contributed by atoms with van der Waals surface area (Å²) >= 11 is 5.97. The first-order chi connectivity index (χ1) is 19.6. The van der Waals surface area contributed by atoms with Gasteiger partial charge in [0.2, 0.25) is 0 Å². The number of amides is 5. The van der Waals surface area contributed by atoms with Gasteiger partial charge in [0.1, 0.15) is 24.8 Å². The fourth-order valence-electron chi connectivity index (χ4n) is 3.76. The highest BCUT2D eigenvalue weighted by molar-refractivity contribution is 6.31. The van der Waals surface area contributed by atoms with Crippen molar-refractivity contribution in [2.45, 2.75) is 25.4 Å². The molecule has 2 aromatic carbocycles. The molecule has 1 atom stereocenters. The summed E-state index contributed by atoms with van der Waals surface area (Å²) in [6.07, 6.45) is 1.53. The first-order valence-corrected chi connectivity index (χ1v) is 13.0. The highest BCUT2D eigenvalue weighted by Crippen LogP contribution is 2.20. The Hall–Kier alpha value is -4.65. The van der Waals surface area contributed by atoms with Crippen LogP contribution in [0.2, 0.25) is 5.02 Å². The number of pyridine rings is 1. The molecule has 5 N–H and O–H groups in total. The number of nitrogens with zero attached hydrogens (tertiary/aromatic N) is 2. The van der Waals surface area contributed by atoms with Crippen molar-refractivity contribution in [3.8, 4) is 0 Å². The number of urea groups is 2. The van der Waals surface area contributed by atoms with Gasteiger partial charge in [0.15, 0.2) is 0 Å². The molecule has 3 rings (SSSR count). The molecule has 0 bridgehead atoms. The maximum absolute atomic E-state index is 13.7. The van der Waals surface area contributed by atoms with Crippen LogP contribution in [-0.2, 0) is 16.1 Å². The normalized spacial score (nSPS) is 11.3. The Labute approximate surface area is 240 Å². The topological polar surface area (TPSA) is 162 Å². The zero-order valence-electron chi connectivity index (χ0n) is 22.2. The lowest BCUT2D eigenvalue weighted by Crippen LogP contribution is -2.46. The van der Waals surface area contributed by atoms with Crippen molar-refractivity contribution < 1.29 is 33.4 Å². The Bertz CT molecular complexity index is 1390. The molecule has 0 aliphatic carbocycles. The Kier molecular flexibility index (Phi) is 11.5. The molecule has 14 heteroatoms. The fraction of sp³-hybridized carbons (Fsp3) is 0.296. The second-order valence-corrected chi connectivity index (χ2v) is 9.30. The van der Waals surface area contributed by atoms with Crippen LogP contribution in [-0.4, -0.2) is 71.9 Å². The maximum Gasteiger partial charge on any atom is 0.412 e. The van der Waals surface area contributed by atoms with E-state index in [0.29, 0.717) is 24.2 Å². The van der Waals surface area contributed by atoms with E-state index in [1.807, 2.05) is 24.3 Å². The average Bonchev–Trinajstić information content (AvgIpc) is 2.95. The number of anilines is 1. The number of fused-ring (bicyclic) bond motifs is 1. The molecule has 41 heavy (non-hydrogen) atoms. The Morgan fingerprint density at radius 1 is 1.07 bits per heavy atom. The van der Waals surface area contributed by atoms with Crippen molar-refractivity contribution in [2.75, 3.05) is 32.1 Å². The van der Waals surface area contributed by atoms with E-state index in [0.717, 1.165) is 10.8 Å². The summed E-state index contributed by atoms with van der Waals surface area (Å²) in [5.41, 5.74) is 0.389. The van der Waals surface area contributed by atoms with Gasteiger partial charge in [0.25, 0.3) is 0 Å². The van der Waals surface area contributed by atoms with E-state index in [9.17, 15) is 23.6 Å². The Morgan fingerprint density at radius 3 is 2.59 bits per heavy atom. The number of carboxylic acids is 1. The number of carbonyl (C=O) groups is 4. The zero-order chi connectivity index (χ0) is 29.8. The molecule has 0 spiro atoms. The van der Waals surface area contributed by atoms with E-state index in [1.54, 1.807) is 18.3 Å². The number of halogens is 2. The first kappa shape index (κ1) is 30.9. The molecule has 1 aromatic heterocycles. The van der Waals surface area contributed by atoms with Crippen LogP contribution in [0.1, 0.15) is 18.4 Å². The highest BCUT2D eigenvalue weighted by Gasteiger charge is 2.22. The summed E-state index contributed by atoms with van der Waals surface area (Å²) in [5.74, 6) is -1.49. The van der Waals surface area contributed by atoms with Crippen molar-refractivity contribution in [1.29, 1.82) is 0 Å². The lowest BCUT2D eigenvalue weighted by Gasteiger charge is -2.28. The van der Waals surface area contributed by atoms with E-state index in [-0.39, 0.29) is 24.7 Å². The third-order valence-corrected chi connectivity index (χ3v) is 6.42. The van der Waals surface area contributed by atoms with Crippen molar-refractivity contribution >= 4 is 52.3 Å². The number of carbonyl (C=O) groups excluding carboxylic acids is 3. The number of nitrogens with one attached hydrogen (secondary N) is 4. The fourth-order valence-corrected chi connectivity index (χ4v) is 3.95. The molecule has 5 amide bonds.